The molecule has 0 aliphatic carbocycles. The number of hydrogen-bond acceptors (Lipinski definition) is 8. The number of nitrogens with one attached hydrogen (secondary N) is 2. The van der Waals surface area contributed by atoms with Crippen LogP contribution < -0.4 is 20.4 Å². The molecule has 0 radical (unpaired) electrons. The third-order valence-electron chi connectivity index (χ3n) is 6.62. The molecule has 37 heavy (non-hydrogen) atoms. The molecule has 2 aliphatic heterocycles. The minimum atomic E-state index is -0.238. The number of fused-ring (bicyclic) bond motifs is 1. The lowest BCUT2D eigenvalue weighted by atomic mass is 10.0. The lowest BCUT2D eigenvalue weighted by molar-refractivity contribution is 0.0984. The Morgan fingerprint density at radius 1 is 1.22 bits per heavy atom. The van der Waals surface area contributed by atoms with Gasteiger partial charge in [-0.15, -0.1) is 0 Å². The van der Waals surface area contributed by atoms with Crippen LogP contribution in [0, 0.1) is 11.3 Å². The molecule has 0 saturated carbocycles. The summed E-state index contributed by atoms with van der Waals surface area (Å²) < 4.78 is 5.68. The third kappa shape index (κ3) is 5.32. The van der Waals surface area contributed by atoms with Gasteiger partial charge in [0.25, 0.3) is 0 Å². The SMILES string of the molecule is CCNC(=O)Nc1ccc(-c2nc3c(c(N4CCOC[C@@H]4C)n2)CCN(c2cc(C#N)ccn2)C3)cc1. The van der Waals surface area contributed by atoms with Gasteiger partial charge in [0, 0.05) is 42.6 Å². The minimum absolute atomic E-state index is 0.205. The minimum Gasteiger partial charge on any atom is -0.377 e. The van der Waals surface area contributed by atoms with E-state index >= 15 is 0 Å². The van der Waals surface area contributed by atoms with Crippen LogP contribution in [0.1, 0.15) is 30.7 Å². The van der Waals surface area contributed by atoms with Crippen molar-refractivity contribution in [1.29, 1.82) is 5.26 Å². The monoisotopic (exact) mass is 498 g/mol. The van der Waals surface area contributed by atoms with E-state index in [4.69, 9.17) is 14.7 Å². The van der Waals surface area contributed by atoms with Crippen LogP contribution in [0.2, 0.25) is 0 Å². The van der Waals surface area contributed by atoms with Gasteiger partial charge in [-0.1, -0.05) is 0 Å². The van der Waals surface area contributed by atoms with Crippen molar-refractivity contribution in [3.63, 3.8) is 0 Å². The van der Waals surface area contributed by atoms with E-state index in [2.05, 4.69) is 38.4 Å². The Balaban J connectivity index is 1.50. The van der Waals surface area contributed by atoms with Crippen molar-refractivity contribution >= 4 is 23.4 Å². The molecule has 2 aromatic heterocycles. The van der Waals surface area contributed by atoms with E-state index in [9.17, 15) is 10.1 Å². The van der Waals surface area contributed by atoms with Crippen LogP contribution in [0.3, 0.4) is 0 Å². The number of carbonyl (C=O) groups is 1. The summed E-state index contributed by atoms with van der Waals surface area (Å²) in [5, 5.41) is 14.9. The summed E-state index contributed by atoms with van der Waals surface area (Å²) in [4.78, 5) is 30.9. The molecule has 0 bridgehead atoms. The van der Waals surface area contributed by atoms with Crippen molar-refractivity contribution in [2.75, 3.05) is 48.0 Å². The Labute approximate surface area is 216 Å². The van der Waals surface area contributed by atoms with Crippen molar-refractivity contribution in [3.8, 4) is 17.5 Å². The topological polar surface area (TPSA) is 119 Å². The fourth-order valence-electron chi connectivity index (χ4n) is 4.71. The second kappa shape index (κ2) is 10.8. The maximum Gasteiger partial charge on any atom is 0.319 e. The van der Waals surface area contributed by atoms with Gasteiger partial charge < -0.3 is 25.2 Å². The summed E-state index contributed by atoms with van der Waals surface area (Å²) in [7, 11) is 0. The average molecular weight is 499 g/mol. The van der Waals surface area contributed by atoms with Gasteiger partial charge >= 0.3 is 6.03 Å². The number of pyridine rings is 1. The molecule has 1 fully saturated rings. The summed E-state index contributed by atoms with van der Waals surface area (Å²) in [5.74, 6) is 2.36. The number of hydrogen-bond donors (Lipinski definition) is 2. The number of nitrogens with zero attached hydrogens (tertiary/aromatic N) is 6. The van der Waals surface area contributed by atoms with Crippen LogP contribution >= 0.6 is 0 Å². The fourth-order valence-corrected chi connectivity index (χ4v) is 4.71. The molecule has 4 heterocycles. The van der Waals surface area contributed by atoms with Gasteiger partial charge in [0.1, 0.15) is 11.6 Å². The Morgan fingerprint density at radius 2 is 2.05 bits per heavy atom. The number of amides is 2. The molecule has 2 aliphatic rings. The van der Waals surface area contributed by atoms with Gasteiger partial charge in [0.2, 0.25) is 0 Å². The molecule has 0 unspecified atom stereocenters. The van der Waals surface area contributed by atoms with Gasteiger partial charge in [0.15, 0.2) is 5.82 Å². The molecular formula is C27H30N8O2. The highest BCUT2D eigenvalue weighted by atomic mass is 16.5. The van der Waals surface area contributed by atoms with Crippen LogP contribution in [0.15, 0.2) is 42.6 Å². The van der Waals surface area contributed by atoms with Crippen molar-refractivity contribution in [3.05, 3.63) is 59.4 Å². The molecule has 1 atom stereocenters. The third-order valence-corrected chi connectivity index (χ3v) is 6.62. The van der Waals surface area contributed by atoms with Crippen LogP contribution in [-0.2, 0) is 17.7 Å². The predicted octanol–water partition coefficient (Wildman–Crippen LogP) is 3.34. The number of rotatable bonds is 5. The Bertz CT molecular complexity index is 1320. The first-order valence-electron chi connectivity index (χ1n) is 12.6. The maximum atomic E-state index is 11.9. The van der Waals surface area contributed by atoms with Gasteiger partial charge in [-0.2, -0.15) is 5.26 Å². The zero-order valence-corrected chi connectivity index (χ0v) is 21.1. The van der Waals surface area contributed by atoms with E-state index < -0.39 is 0 Å². The van der Waals surface area contributed by atoms with E-state index in [1.165, 1.54) is 0 Å². The quantitative estimate of drug-likeness (QED) is 0.550. The Morgan fingerprint density at radius 3 is 2.81 bits per heavy atom. The van der Waals surface area contributed by atoms with Crippen molar-refractivity contribution in [2.45, 2.75) is 32.9 Å². The molecule has 0 spiro atoms. The van der Waals surface area contributed by atoms with E-state index in [0.29, 0.717) is 43.4 Å². The van der Waals surface area contributed by atoms with Crippen molar-refractivity contribution in [1.82, 2.24) is 20.3 Å². The highest BCUT2D eigenvalue weighted by Crippen LogP contribution is 2.33. The molecule has 1 saturated heterocycles. The first kappa shape index (κ1) is 24.5. The Kier molecular flexibility index (Phi) is 7.14. The zero-order valence-electron chi connectivity index (χ0n) is 21.1. The number of carbonyl (C=O) groups excluding carboxylic acids is 1. The van der Waals surface area contributed by atoms with Gasteiger partial charge in [-0.05, 0) is 56.7 Å². The van der Waals surface area contributed by atoms with E-state index in [1.54, 1.807) is 12.3 Å². The second-order valence-corrected chi connectivity index (χ2v) is 9.16. The number of benzene rings is 1. The molecule has 10 heteroatoms. The summed E-state index contributed by atoms with van der Waals surface area (Å²) in [5.41, 5.74) is 4.26. The van der Waals surface area contributed by atoms with Crippen molar-refractivity contribution < 1.29 is 9.53 Å². The van der Waals surface area contributed by atoms with E-state index in [0.717, 1.165) is 48.0 Å². The molecule has 3 aromatic rings. The van der Waals surface area contributed by atoms with Crippen LogP contribution in [0.5, 0.6) is 0 Å². The number of aromatic nitrogens is 3. The largest absolute Gasteiger partial charge is 0.377 e. The molecule has 5 rings (SSSR count). The van der Waals surface area contributed by atoms with Gasteiger partial charge in [0.05, 0.1) is 43.1 Å². The van der Waals surface area contributed by atoms with Gasteiger partial charge in [-0.3, -0.25) is 0 Å². The standard InChI is InChI=1S/C27H30N8O2/c1-3-29-27(36)31-21-6-4-20(5-7-21)25-32-23-16-34(24-14-19(15-28)8-10-30-24)11-9-22(23)26(33-25)35-12-13-37-17-18(35)2/h4-8,10,14,18H,3,9,11-13,16-17H2,1-2H3,(H2,29,31,36)/t18-/m0/s1. The smallest absolute Gasteiger partial charge is 0.319 e. The summed E-state index contributed by atoms with van der Waals surface area (Å²) in [6.07, 6.45) is 2.45. The fraction of sp³-hybridized carbons (Fsp3) is 0.370. The molecule has 2 amide bonds. The van der Waals surface area contributed by atoms with Gasteiger partial charge in [-0.25, -0.2) is 19.7 Å². The predicted molar refractivity (Wildman–Crippen MR) is 141 cm³/mol. The normalized spacial score (nSPS) is 17.1. The number of morpholine rings is 1. The molecule has 10 nitrogen and oxygen atoms in total. The van der Waals surface area contributed by atoms with Crippen LogP contribution in [0.4, 0.5) is 22.1 Å². The highest BCUT2D eigenvalue weighted by Gasteiger charge is 2.29. The molecule has 1 aromatic carbocycles. The van der Waals surface area contributed by atoms with Crippen LogP contribution in [0.25, 0.3) is 11.4 Å². The molecule has 2 N–H and O–H groups in total. The number of anilines is 3. The van der Waals surface area contributed by atoms with Crippen molar-refractivity contribution in [2.24, 2.45) is 0 Å². The first-order valence-corrected chi connectivity index (χ1v) is 12.6. The number of ether oxygens (including phenoxy) is 1. The molecular weight excluding hydrogens is 468 g/mol. The average Bonchev–Trinajstić information content (AvgIpc) is 2.93. The molecule has 190 valence electrons. The number of urea groups is 1. The van der Waals surface area contributed by atoms with E-state index in [1.807, 2.05) is 37.3 Å². The number of nitriles is 1. The zero-order chi connectivity index (χ0) is 25.8. The summed E-state index contributed by atoms with van der Waals surface area (Å²) >= 11 is 0. The highest BCUT2D eigenvalue weighted by molar-refractivity contribution is 5.89. The van der Waals surface area contributed by atoms with E-state index in [-0.39, 0.29) is 12.1 Å². The van der Waals surface area contributed by atoms with Crippen LogP contribution in [-0.4, -0.2) is 59.9 Å². The lowest BCUT2D eigenvalue weighted by Crippen LogP contribution is -2.45. The second-order valence-electron chi connectivity index (χ2n) is 9.16. The summed E-state index contributed by atoms with van der Waals surface area (Å²) in [6.45, 7) is 8.03. The lowest BCUT2D eigenvalue weighted by Gasteiger charge is -2.38. The first-order chi connectivity index (χ1) is 18.1. The maximum absolute atomic E-state index is 11.9. The summed E-state index contributed by atoms with van der Waals surface area (Å²) in [6, 6.07) is 13.3. The Hall–Kier alpha value is -4.23.